The highest BCUT2D eigenvalue weighted by Gasteiger charge is 2.19. The fourth-order valence-corrected chi connectivity index (χ4v) is 2.21. The van der Waals surface area contributed by atoms with Crippen molar-refractivity contribution in [1.82, 2.24) is 4.98 Å². The van der Waals surface area contributed by atoms with E-state index in [1.807, 2.05) is 6.07 Å². The topological polar surface area (TPSA) is 36.7 Å². The van der Waals surface area contributed by atoms with Gasteiger partial charge in [0.25, 0.3) is 6.43 Å². The SMILES string of the molecule is N#CCc1cnc(CBr)c(C(F)F)c1Br. The molecule has 1 heterocycles. The van der Waals surface area contributed by atoms with Crippen LogP contribution in [0, 0.1) is 11.3 Å². The first-order valence-corrected chi connectivity index (χ1v) is 5.90. The van der Waals surface area contributed by atoms with Crippen LogP contribution in [0.3, 0.4) is 0 Å². The molecule has 15 heavy (non-hydrogen) atoms. The second kappa shape index (κ2) is 5.52. The molecule has 0 fully saturated rings. The lowest BCUT2D eigenvalue weighted by molar-refractivity contribution is 0.149. The largest absolute Gasteiger partial charge is 0.266 e. The number of pyridine rings is 1. The molecule has 0 saturated heterocycles. The lowest BCUT2D eigenvalue weighted by Gasteiger charge is -2.10. The molecule has 0 radical (unpaired) electrons. The molecule has 1 rings (SSSR count). The minimum absolute atomic E-state index is 0.0653. The maximum absolute atomic E-state index is 12.7. The number of rotatable bonds is 3. The minimum atomic E-state index is -2.60. The van der Waals surface area contributed by atoms with Crippen LogP contribution in [0.5, 0.6) is 0 Å². The number of nitriles is 1. The van der Waals surface area contributed by atoms with Crippen LogP contribution in [-0.4, -0.2) is 4.98 Å². The monoisotopic (exact) mass is 338 g/mol. The van der Waals surface area contributed by atoms with Crippen molar-refractivity contribution < 1.29 is 8.78 Å². The highest BCUT2D eigenvalue weighted by Crippen LogP contribution is 2.33. The van der Waals surface area contributed by atoms with E-state index in [2.05, 4.69) is 36.8 Å². The molecule has 0 atom stereocenters. The van der Waals surface area contributed by atoms with Crippen LogP contribution in [0.25, 0.3) is 0 Å². The summed E-state index contributed by atoms with van der Waals surface area (Å²) in [5.74, 6) is 0. The van der Waals surface area contributed by atoms with Gasteiger partial charge in [0.1, 0.15) is 0 Å². The van der Waals surface area contributed by atoms with Crippen LogP contribution in [0.15, 0.2) is 10.7 Å². The molecule has 0 spiro atoms. The molecule has 6 heteroatoms. The summed E-state index contributed by atoms with van der Waals surface area (Å²) in [6, 6.07) is 1.90. The van der Waals surface area contributed by atoms with Gasteiger partial charge >= 0.3 is 0 Å². The maximum atomic E-state index is 12.7. The molecule has 0 aliphatic carbocycles. The van der Waals surface area contributed by atoms with E-state index in [-0.39, 0.29) is 21.8 Å². The van der Waals surface area contributed by atoms with Crippen molar-refractivity contribution in [3.05, 3.63) is 27.5 Å². The van der Waals surface area contributed by atoms with E-state index in [0.29, 0.717) is 11.3 Å². The molecular weight excluding hydrogens is 334 g/mol. The number of hydrogen-bond acceptors (Lipinski definition) is 2. The summed E-state index contributed by atoms with van der Waals surface area (Å²) >= 11 is 6.18. The maximum Gasteiger partial charge on any atom is 0.266 e. The Labute approximate surface area is 103 Å². The van der Waals surface area contributed by atoms with Gasteiger partial charge in [-0.05, 0) is 21.5 Å². The Hall–Kier alpha value is -0.540. The molecule has 1 aromatic rings. The third-order valence-electron chi connectivity index (χ3n) is 1.82. The zero-order valence-corrected chi connectivity index (χ0v) is 10.6. The first-order valence-electron chi connectivity index (χ1n) is 3.99. The molecule has 0 N–H and O–H groups in total. The second-order valence-corrected chi connectivity index (χ2v) is 4.08. The summed E-state index contributed by atoms with van der Waals surface area (Å²) in [7, 11) is 0. The third-order valence-corrected chi connectivity index (χ3v) is 3.29. The lowest BCUT2D eigenvalue weighted by Crippen LogP contribution is -2.01. The number of aromatic nitrogens is 1. The molecule has 0 bridgehead atoms. The van der Waals surface area contributed by atoms with E-state index < -0.39 is 6.43 Å². The quantitative estimate of drug-likeness (QED) is 0.786. The van der Waals surface area contributed by atoms with Crippen molar-refractivity contribution in [2.24, 2.45) is 0 Å². The van der Waals surface area contributed by atoms with Crippen molar-refractivity contribution in [1.29, 1.82) is 5.26 Å². The number of alkyl halides is 3. The molecular formula is C9H6Br2F2N2. The van der Waals surface area contributed by atoms with Gasteiger partial charge in [-0.2, -0.15) is 5.26 Å². The van der Waals surface area contributed by atoms with Gasteiger partial charge in [0.15, 0.2) is 0 Å². The van der Waals surface area contributed by atoms with E-state index in [1.165, 1.54) is 6.20 Å². The third kappa shape index (κ3) is 2.73. The van der Waals surface area contributed by atoms with Gasteiger partial charge in [0.2, 0.25) is 0 Å². The molecule has 2 nitrogen and oxygen atoms in total. The van der Waals surface area contributed by atoms with Gasteiger partial charge in [-0.25, -0.2) is 8.78 Å². The summed E-state index contributed by atoms with van der Waals surface area (Å²) < 4.78 is 25.7. The van der Waals surface area contributed by atoms with Gasteiger partial charge in [0.05, 0.1) is 23.7 Å². The van der Waals surface area contributed by atoms with E-state index in [1.54, 1.807) is 0 Å². The zero-order valence-electron chi connectivity index (χ0n) is 7.48. The first-order chi connectivity index (χ1) is 7.11. The summed E-state index contributed by atoms with van der Waals surface area (Å²) in [4.78, 5) is 3.89. The van der Waals surface area contributed by atoms with Gasteiger partial charge in [-0.3, -0.25) is 4.98 Å². The average molecular weight is 340 g/mol. The second-order valence-electron chi connectivity index (χ2n) is 2.73. The lowest BCUT2D eigenvalue weighted by atomic mass is 10.1. The van der Waals surface area contributed by atoms with Gasteiger partial charge in [-0.1, -0.05) is 15.9 Å². The zero-order chi connectivity index (χ0) is 11.4. The van der Waals surface area contributed by atoms with Crippen molar-refractivity contribution in [3.63, 3.8) is 0 Å². The molecule has 0 saturated carbocycles. The van der Waals surface area contributed by atoms with Crippen molar-refractivity contribution in [3.8, 4) is 6.07 Å². The van der Waals surface area contributed by atoms with E-state index >= 15 is 0 Å². The molecule has 0 amide bonds. The van der Waals surface area contributed by atoms with Crippen molar-refractivity contribution in [2.45, 2.75) is 18.2 Å². The Kier molecular flexibility index (Phi) is 4.61. The molecule has 80 valence electrons. The van der Waals surface area contributed by atoms with E-state index in [9.17, 15) is 8.78 Å². The fourth-order valence-electron chi connectivity index (χ4n) is 1.12. The molecule has 1 aromatic heterocycles. The number of nitrogens with zero attached hydrogens (tertiary/aromatic N) is 2. The summed E-state index contributed by atoms with van der Waals surface area (Å²) in [5, 5.41) is 8.77. The summed E-state index contributed by atoms with van der Waals surface area (Å²) in [5.41, 5.74) is 0.635. The minimum Gasteiger partial charge on any atom is -0.260 e. The van der Waals surface area contributed by atoms with Crippen molar-refractivity contribution >= 4 is 31.9 Å². The predicted molar refractivity (Wildman–Crippen MR) is 58.8 cm³/mol. The molecule has 0 aromatic carbocycles. The predicted octanol–water partition coefficient (Wildman–Crippen LogP) is 3.74. The Morgan fingerprint density at radius 1 is 1.53 bits per heavy atom. The van der Waals surface area contributed by atoms with Gasteiger partial charge in [0, 0.05) is 16.0 Å². The highest BCUT2D eigenvalue weighted by molar-refractivity contribution is 9.10. The Balaban J connectivity index is 3.30. The molecule has 0 aliphatic heterocycles. The van der Waals surface area contributed by atoms with Gasteiger partial charge < -0.3 is 0 Å². The fraction of sp³-hybridized carbons (Fsp3) is 0.333. The van der Waals surface area contributed by atoms with Crippen molar-refractivity contribution in [2.75, 3.05) is 0 Å². The van der Waals surface area contributed by atoms with E-state index in [4.69, 9.17) is 5.26 Å². The van der Waals surface area contributed by atoms with Crippen LogP contribution in [0.2, 0.25) is 0 Å². The average Bonchev–Trinajstić information content (AvgIpc) is 2.20. The van der Waals surface area contributed by atoms with Crippen LogP contribution >= 0.6 is 31.9 Å². The molecule has 0 aliphatic rings. The van der Waals surface area contributed by atoms with Gasteiger partial charge in [-0.15, -0.1) is 0 Å². The van der Waals surface area contributed by atoms with E-state index in [0.717, 1.165) is 0 Å². The van der Waals surface area contributed by atoms with Crippen LogP contribution in [-0.2, 0) is 11.8 Å². The van der Waals surface area contributed by atoms with Crippen LogP contribution in [0.4, 0.5) is 8.78 Å². The Morgan fingerprint density at radius 2 is 2.20 bits per heavy atom. The first kappa shape index (κ1) is 12.5. The molecule has 0 unspecified atom stereocenters. The van der Waals surface area contributed by atoms with Crippen LogP contribution < -0.4 is 0 Å². The smallest absolute Gasteiger partial charge is 0.260 e. The Morgan fingerprint density at radius 3 is 2.67 bits per heavy atom. The summed E-state index contributed by atoms with van der Waals surface area (Å²) in [6.45, 7) is 0. The Bertz CT molecular complexity index is 402. The summed E-state index contributed by atoms with van der Waals surface area (Å²) in [6.07, 6.45) is -1.09. The number of halogens is 4. The normalized spacial score (nSPS) is 10.4. The number of hydrogen-bond donors (Lipinski definition) is 0. The van der Waals surface area contributed by atoms with Crippen LogP contribution in [0.1, 0.15) is 23.2 Å². The highest BCUT2D eigenvalue weighted by atomic mass is 79.9. The standard InChI is InChI=1S/C9H6Br2F2N2/c10-3-6-7(9(12)13)8(11)5(1-2-14)4-15-6/h4,9H,1,3H2.